The predicted molar refractivity (Wildman–Crippen MR) is 105 cm³/mol. The highest BCUT2D eigenvalue weighted by Crippen LogP contribution is 2.40. The lowest BCUT2D eigenvalue weighted by Crippen LogP contribution is -2.31. The molecule has 28 heavy (non-hydrogen) atoms. The normalized spacial score (nSPS) is 18.6. The van der Waals surface area contributed by atoms with E-state index in [1.54, 1.807) is 37.4 Å². The van der Waals surface area contributed by atoms with E-state index in [0.29, 0.717) is 29.2 Å². The summed E-state index contributed by atoms with van der Waals surface area (Å²) < 4.78 is 5.05. The number of ketones is 1. The van der Waals surface area contributed by atoms with Gasteiger partial charge in [0.25, 0.3) is 11.7 Å². The lowest BCUT2D eigenvalue weighted by atomic mass is 9.95. The lowest BCUT2D eigenvalue weighted by molar-refractivity contribution is -0.140. The maximum absolute atomic E-state index is 12.8. The molecule has 2 aromatic carbocycles. The number of hydrogen-bond acceptors (Lipinski definition) is 5. The van der Waals surface area contributed by atoms with Gasteiger partial charge in [-0.2, -0.15) is 0 Å². The fraction of sp³-hybridized carbons (Fsp3) is 0.238. The third-order valence-corrected chi connectivity index (χ3v) is 4.83. The minimum Gasteiger partial charge on any atom is -0.508 e. The summed E-state index contributed by atoms with van der Waals surface area (Å²) in [6.45, 7) is 0.718. The van der Waals surface area contributed by atoms with Crippen molar-refractivity contribution >= 4 is 29.1 Å². The first-order chi connectivity index (χ1) is 13.4. The molecule has 0 radical (unpaired) electrons. The quantitative estimate of drug-likeness (QED) is 0.335. The van der Waals surface area contributed by atoms with Crippen molar-refractivity contribution in [2.75, 3.05) is 20.3 Å². The van der Waals surface area contributed by atoms with Crippen molar-refractivity contribution in [2.24, 2.45) is 0 Å². The Kier molecular flexibility index (Phi) is 6.02. The average Bonchev–Trinajstić information content (AvgIpc) is 2.93. The molecule has 1 amide bonds. The van der Waals surface area contributed by atoms with Gasteiger partial charge in [-0.3, -0.25) is 9.59 Å². The van der Waals surface area contributed by atoms with Crippen molar-refractivity contribution in [1.29, 1.82) is 0 Å². The van der Waals surface area contributed by atoms with Gasteiger partial charge >= 0.3 is 0 Å². The molecule has 1 fully saturated rings. The Morgan fingerprint density at radius 3 is 2.54 bits per heavy atom. The van der Waals surface area contributed by atoms with Crippen LogP contribution in [0.15, 0.2) is 54.1 Å². The molecule has 1 aliphatic heterocycles. The van der Waals surface area contributed by atoms with Crippen molar-refractivity contribution in [3.05, 3.63) is 70.3 Å². The van der Waals surface area contributed by atoms with Gasteiger partial charge < -0.3 is 19.8 Å². The Bertz CT molecular complexity index is 923. The molecular weight excluding hydrogens is 382 g/mol. The molecule has 0 aromatic heterocycles. The zero-order valence-corrected chi connectivity index (χ0v) is 16.0. The maximum Gasteiger partial charge on any atom is 0.295 e. The van der Waals surface area contributed by atoms with Gasteiger partial charge in [-0.15, -0.1) is 0 Å². The molecule has 0 spiro atoms. The molecule has 1 saturated heterocycles. The molecule has 3 rings (SSSR count). The van der Waals surface area contributed by atoms with E-state index in [1.807, 2.05) is 0 Å². The van der Waals surface area contributed by atoms with E-state index >= 15 is 0 Å². The Labute approximate surface area is 167 Å². The minimum atomic E-state index is -0.767. The van der Waals surface area contributed by atoms with E-state index in [0.717, 1.165) is 0 Å². The number of aromatic hydroxyl groups is 1. The van der Waals surface area contributed by atoms with Crippen molar-refractivity contribution in [1.82, 2.24) is 4.90 Å². The summed E-state index contributed by atoms with van der Waals surface area (Å²) in [5.74, 6) is -1.66. The van der Waals surface area contributed by atoms with Crippen molar-refractivity contribution in [3.63, 3.8) is 0 Å². The number of rotatable bonds is 6. The van der Waals surface area contributed by atoms with Crippen LogP contribution in [0.25, 0.3) is 5.76 Å². The molecule has 1 atom stereocenters. The summed E-state index contributed by atoms with van der Waals surface area (Å²) in [4.78, 5) is 26.9. The van der Waals surface area contributed by atoms with Crippen molar-refractivity contribution in [2.45, 2.75) is 12.5 Å². The van der Waals surface area contributed by atoms with Crippen molar-refractivity contribution < 1.29 is 24.5 Å². The lowest BCUT2D eigenvalue weighted by Gasteiger charge is -2.25. The van der Waals surface area contributed by atoms with Crippen LogP contribution in [-0.2, 0) is 14.3 Å². The SMILES string of the molecule is COCCCN1C(=O)C(=O)/C(=C(\O)c2cccc(Cl)c2)C1c1ccc(O)cc1. The second kappa shape index (κ2) is 8.46. The maximum atomic E-state index is 12.8. The molecule has 1 aliphatic rings. The van der Waals surface area contributed by atoms with Gasteiger partial charge in [-0.25, -0.2) is 0 Å². The largest absolute Gasteiger partial charge is 0.508 e. The first-order valence-corrected chi connectivity index (χ1v) is 9.14. The van der Waals surface area contributed by atoms with Crippen LogP contribution in [0.4, 0.5) is 0 Å². The Hall–Kier alpha value is -2.83. The van der Waals surface area contributed by atoms with Crippen LogP contribution in [0.5, 0.6) is 5.75 Å². The van der Waals surface area contributed by atoms with Crippen LogP contribution in [0.3, 0.4) is 0 Å². The van der Waals surface area contributed by atoms with E-state index in [1.165, 1.54) is 23.1 Å². The number of benzene rings is 2. The first kappa shape index (κ1) is 19.9. The number of carbonyl (C=O) groups excluding carboxylic acids is 2. The smallest absolute Gasteiger partial charge is 0.295 e. The topological polar surface area (TPSA) is 87.1 Å². The fourth-order valence-electron chi connectivity index (χ4n) is 3.28. The van der Waals surface area contributed by atoms with Crippen LogP contribution in [0, 0.1) is 0 Å². The molecule has 0 saturated carbocycles. The Balaban J connectivity index is 2.12. The molecular formula is C21H20ClNO5. The molecule has 146 valence electrons. The second-order valence-corrected chi connectivity index (χ2v) is 6.88. The third kappa shape index (κ3) is 3.88. The number of amides is 1. The van der Waals surface area contributed by atoms with Gasteiger partial charge in [0.2, 0.25) is 0 Å². The van der Waals surface area contributed by atoms with Crippen LogP contribution < -0.4 is 0 Å². The molecule has 1 unspecified atom stereocenters. The summed E-state index contributed by atoms with van der Waals surface area (Å²) >= 11 is 6.01. The summed E-state index contributed by atoms with van der Waals surface area (Å²) in [5.41, 5.74) is 0.958. The highest BCUT2D eigenvalue weighted by Gasteiger charge is 2.45. The Morgan fingerprint density at radius 1 is 1.18 bits per heavy atom. The van der Waals surface area contributed by atoms with Crippen LogP contribution in [-0.4, -0.2) is 47.1 Å². The van der Waals surface area contributed by atoms with Crippen LogP contribution >= 0.6 is 11.6 Å². The predicted octanol–water partition coefficient (Wildman–Crippen LogP) is 3.50. The molecule has 2 N–H and O–H groups in total. The number of hydrogen-bond donors (Lipinski definition) is 2. The molecule has 7 heteroatoms. The fourth-order valence-corrected chi connectivity index (χ4v) is 3.47. The summed E-state index contributed by atoms with van der Waals surface area (Å²) in [6, 6.07) is 11.9. The monoisotopic (exact) mass is 401 g/mol. The van der Waals surface area contributed by atoms with Gasteiger partial charge in [0.1, 0.15) is 11.5 Å². The van der Waals surface area contributed by atoms with Gasteiger partial charge in [-0.1, -0.05) is 35.9 Å². The van der Waals surface area contributed by atoms with Gasteiger partial charge in [-0.05, 0) is 36.2 Å². The Morgan fingerprint density at radius 2 is 1.89 bits per heavy atom. The highest BCUT2D eigenvalue weighted by molar-refractivity contribution is 6.46. The van der Waals surface area contributed by atoms with E-state index in [9.17, 15) is 19.8 Å². The standard InChI is InChI=1S/C21H20ClNO5/c1-28-11-3-10-23-18(13-6-8-16(24)9-7-13)17(20(26)21(23)27)19(25)14-4-2-5-15(22)12-14/h2,4-9,12,18,24-25H,3,10-11H2,1H3/b19-17-. The van der Waals surface area contributed by atoms with Gasteiger partial charge in [0.15, 0.2) is 0 Å². The molecule has 1 heterocycles. The zero-order chi connectivity index (χ0) is 20.3. The molecule has 0 bridgehead atoms. The number of likely N-dealkylation sites (tertiary alicyclic amines) is 1. The highest BCUT2D eigenvalue weighted by atomic mass is 35.5. The zero-order valence-electron chi connectivity index (χ0n) is 15.3. The van der Waals surface area contributed by atoms with E-state index in [-0.39, 0.29) is 23.6 Å². The summed E-state index contributed by atoms with van der Waals surface area (Å²) in [7, 11) is 1.56. The molecule has 0 aliphatic carbocycles. The number of methoxy groups -OCH3 is 1. The van der Waals surface area contributed by atoms with Crippen molar-refractivity contribution in [3.8, 4) is 5.75 Å². The number of phenolic OH excluding ortho intramolecular Hbond substituents is 1. The summed E-state index contributed by atoms with van der Waals surface area (Å²) in [5, 5.41) is 20.8. The third-order valence-electron chi connectivity index (χ3n) is 4.59. The second-order valence-electron chi connectivity index (χ2n) is 6.44. The molecule has 6 nitrogen and oxygen atoms in total. The van der Waals surface area contributed by atoms with Gasteiger partial charge in [0.05, 0.1) is 11.6 Å². The average molecular weight is 402 g/mol. The van der Waals surface area contributed by atoms with E-state index < -0.39 is 17.7 Å². The number of ether oxygens (including phenoxy) is 1. The summed E-state index contributed by atoms with van der Waals surface area (Å²) in [6.07, 6.45) is 0.537. The minimum absolute atomic E-state index is 0.00428. The number of aliphatic hydroxyl groups is 1. The number of phenols is 1. The van der Waals surface area contributed by atoms with Gasteiger partial charge in [0, 0.05) is 30.8 Å². The molecule has 2 aromatic rings. The van der Waals surface area contributed by atoms with E-state index in [2.05, 4.69) is 0 Å². The number of nitrogens with zero attached hydrogens (tertiary/aromatic N) is 1. The van der Waals surface area contributed by atoms with Crippen LogP contribution in [0.2, 0.25) is 5.02 Å². The van der Waals surface area contributed by atoms with E-state index in [4.69, 9.17) is 16.3 Å². The van der Waals surface area contributed by atoms with Crippen LogP contribution in [0.1, 0.15) is 23.6 Å². The first-order valence-electron chi connectivity index (χ1n) is 8.76. The number of carbonyl (C=O) groups is 2. The number of Topliss-reactive ketones (excluding diaryl/α,β-unsaturated/α-hetero) is 1. The number of halogens is 1. The number of aliphatic hydroxyl groups excluding tert-OH is 1.